The van der Waals surface area contributed by atoms with Gasteiger partial charge in [0.2, 0.25) is 0 Å². The van der Waals surface area contributed by atoms with Gasteiger partial charge in [-0.1, -0.05) is 0 Å². The predicted octanol–water partition coefficient (Wildman–Crippen LogP) is 0.669. The molecule has 0 unspecified atom stereocenters. The van der Waals surface area contributed by atoms with E-state index in [1.54, 1.807) is 13.1 Å². The maximum atomic E-state index is 13.2. The van der Waals surface area contributed by atoms with Crippen LogP contribution in [0, 0.1) is 12.7 Å². The van der Waals surface area contributed by atoms with Crippen molar-refractivity contribution in [2.24, 2.45) is 0 Å². The number of pyridine rings is 1. The molecule has 4 nitrogen and oxygen atoms in total. The molecule has 0 atom stereocenters. The van der Waals surface area contributed by atoms with Crippen molar-refractivity contribution in [3.05, 3.63) is 29.5 Å². The van der Waals surface area contributed by atoms with E-state index in [1.165, 1.54) is 10.6 Å². The number of aromatic nitrogens is 3. The van der Waals surface area contributed by atoms with Gasteiger partial charge in [0.15, 0.2) is 17.3 Å². The Labute approximate surface area is 73.6 Å². The second kappa shape index (κ2) is 2.77. The fraction of sp³-hybridized carbons (Fsp3) is 0.250. The van der Waals surface area contributed by atoms with Gasteiger partial charge in [-0.25, -0.2) is 13.9 Å². The summed E-state index contributed by atoms with van der Waals surface area (Å²) in [6.45, 7) is 1.49. The molecule has 2 aromatic rings. The highest BCUT2D eigenvalue weighted by Crippen LogP contribution is 2.09. The monoisotopic (exact) mass is 181 g/mol. The molecule has 0 bridgehead atoms. The number of aryl methyl sites for hydroxylation is 1. The summed E-state index contributed by atoms with van der Waals surface area (Å²) in [6.07, 6.45) is 1.66. The highest BCUT2D eigenvalue weighted by molar-refractivity contribution is 5.40. The van der Waals surface area contributed by atoms with Crippen LogP contribution in [-0.4, -0.2) is 19.7 Å². The molecule has 0 amide bonds. The van der Waals surface area contributed by atoms with Crippen LogP contribution in [0.5, 0.6) is 0 Å². The minimum Gasteiger partial charge on any atom is -0.388 e. The zero-order valence-electron chi connectivity index (χ0n) is 7.03. The first-order chi connectivity index (χ1) is 6.20. The van der Waals surface area contributed by atoms with E-state index in [4.69, 9.17) is 5.11 Å². The van der Waals surface area contributed by atoms with Gasteiger partial charge in [0.05, 0.1) is 0 Å². The molecular weight excluding hydrogens is 173 g/mol. The maximum absolute atomic E-state index is 13.2. The second-order valence-corrected chi connectivity index (χ2v) is 2.82. The Morgan fingerprint density at radius 3 is 3.08 bits per heavy atom. The molecule has 1 N–H and O–H groups in total. The van der Waals surface area contributed by atoms with Gasteiger partial charge in [0, 0.05) is 6.20 Å². The van der Waals surface area contributed by atoms with E-state index in [2.05, 4.69) is 10.1 Å². The average molecular weight is 181 g/mol. The quantitative estimate of drug-likeness (QED) is 0.703. The van der Waals surface area contributed by atoms with E-state index in [0.29, 0.717) is 0 Å². The molecule has 13 heavy (non-hydrogen) atoms. The number of hydrogen-bond acceptors (Lipinski definition) is 3. The van der Waals surface area contributed by atoms with Gasteiger partial charge in [0.25, 0.3) is 0 Å². The molecule has 0 aliphatic rings. The van der Waals surface area contributed by atoms with Crippen LogP contribution in [0.1, 0.15) is 11.4 Å². The molecule has 2 rings (SSSR count). The summed E-state index contributed by atoms with van der Waals surface area (Å²) < 4.78 is 14.5. The third-order valence-corrected chi connectivity index (χ3v) is 1.71. The summed E-state index contributed by atoms with van der Waals surface area (Å²) in [6, 6.07) is 1.38. The lowest BCUT2D eigenvalue weighted by Gasteiger charge is -1.94. The van der Waals surface area contributed by atoms with Crippen LogP contribution in [-0.2, 0) is 6.61 Å². The molecule has 68 valence electrons. The largest absolute Gasteiger partial charge is 0.388 e. The van der Waals surface area contributed by atoms with Gasteiger partial charge in [-0.2, -0.15) is 0 Å². The number of nitrogens with zero attached hydrogens (tertiary/aromatic N) is 3. The highest BCUT2D eigenvalue weighted by Gasteiger charge is 2.07. The summed E-state index contributed by atoms with van der Waals surface area (Å²) in [5, 5.41) is 12.6. The molecule has 5 heteroatoms. The van der Waals surface area contributed by atoms with Crippen LogP contribution in [0.25, 0.3) is 5.65 Å². The lowest BCUT2D eigenvalue weighted by atomic mass is 10.3. The normalized spacial score (nSPS) is 11.0. The summed E-state index contributed by atoms with van der Waals surface area (Å²) in [5.41, 5.74) is 0.911. The SMILES string of the molecule is Cc1cc(F)c2nc(CO)nn2c1. The van der Waals surface area contributed by atoms with Crippen LogP contribution in [0.4, 0.5) is 4.39 Å². The van der Waals surface area contributed by atoms with Crippen molar-refractivity contribution in [1.29, 1.82) is 0 Å². The van der Waals surface area contributed by atoms with Crippen molar-refractivity contribution in [3.63, 3.8) is 0 Å². The number of rotatable bonds is 1. The fourth-order valence-electron chi connectivity index (χ4n) is 1.18. The lowest BCUT2D eigenvalue weighted by Crippen LogP contribution is -1.92. The van der Waals surface area contributed by atoms with E-state index in [0.717, 1.165) is 5.56 Å². The van der Waals surface area contributed by atoms with Gasteiger partial charge < -0.3 is 5.11 Å². The van der Waals surface area contributed by atoms with E-state index < -0.39 is 5.82 Å². The van der Waals surface area contributed by atoms with Crippen molar-refractivity contribution in [3.8, 4) is 0 Å². The number of hydrogen-bond donors (Lipinski definition) is 1. The molecule has 2 heterocycles. The third kappa shape index (κ3) is 1.27. The molecule has 0 fully saturated rings. The smallest absolute Gasteiger partial charge is 0.191 e. The van der Waals surface area contributed by atoms with Crippen molar-refractivity contribution in [2.45, 2.75) is 13.5 Å². The van der Waals surface area contributed by atoms with Crippen molar-refractivity contribution in [2.75, 3.05) is 0 Å². The van der Waals surface area contributed by atoms with Crippen LogP contribution in [0.3, 0.4) is 0 Å². The summed E-state index contributed by atoms with van der Waals surface area (Å²) in [4.78, 5) is 3.80. The van der Waals surface area contributed by atoms with Crippen LogP contribution < -0.4 is 0 Å². The van der Waals surface area contributed by atoms with Crippen molar-refractivity contribution < 1.29 is 9.50 Å². The zero-order chi connectivity index (χ0) is 9.42. The third-order valence-electron chi connectivity index (χ3n) is 1.71. The summed E-state index contributed by atoms with van der Waals surface area (Å²) in [7, 11) is 0. The van der Waals surface area contributed by atoms with Crippen LogP contribution in [0.2, 0.25) is 0 Å². The molecule has 0 radical (unpaired) electrons. The minimum absolute atomic E-state index is 0.148. The minimum atomic E-state index is -0.424. The molecule has 0 saturated carbocycles. The molecule has 2 aromatic heterocycles. The number of aliphatic hydroxyl groups excluding tert-OH is 1. The van der Waals surface area contributed by atoms with Crippen LogP contribution >= 0.6 is 0 Å². The molecule has 0 aromatic carbocycles. The predicted molar refractivity (Wildman–Crippen MR) is 43.6 cm³/mol. The number of fused-ring (bicyclic) bond motifs is 1. The Kier molecular flexibility index (Phi) is 1.73. The topological polar surface area (TPSA) is 50.4 Å². The first-order valence-corrected chi connectivity index (χ1v) is 3.83. The Morgan fingerprint density at radius 1 is 1.62 bits per heavy atom. The van der Waals surface area contributed by atoms with E-state index in [1.807, 2.05) is 0 Å². The van der Waals surface area contributed by atoms with Gasteiger partial charge >= 0.3 is 0 Å². The van der Waals surface area contributed by atoms with E-state index in [-0.39, 0.29) is 18.1 Å². The van der Waals surface area contributed by atoms with Crippen LogP contribution in [0.15, 0.2) is 12.3 Å². The molecule has 0 spiro atoms. The molecule has 0 aliphatic heterocycles. The first-order valence-electron chi connectivity index (χ1n) is 3.83. The molecule has 0 saturated heterocycles. The van der Waals surface area contributed by atoms with E-state index >= 15 is 0 Å². The Balaban J connectivity index is 2.75. The van der Waals surface area contributed by atoms with E-state index in [9.17, 15) is 4.39 Å². The molecular formula is C8H8FN3O. The first kappa shape index (κ1) is 8.12. The zero-order valence-corrected chi connectivity index (χ0v) is 7.03. The average Bonchev–Trinajstić information content (AvgIpc) is 2.47. The lowest BCUT2D eigenvalue weighted by molar-refractivity contribution is 0.271. The number of aliphatic hydroxyl groups is 1. The Bertz CT molecular complexity index is 452. The van der Waals surface area contributed by atoms with Gasteiger partial charge in [-0.3, -0.25) is 0 Å². The van der Waals surface area contributed by atoms with Gasteiger partial charge in [0.1, 0.15) is 6.61 Å². The second-order valence-electron chi connectivity index (χ2n) is 2.82. The van der Waals surface area contributed by atoms with Gasteiger partial charge in [-0.15, -0.1) is 5.10 Å². The van der Waals surface area contributed by atoms with Gasteiger partial charge in [-0.05, 0) is 18.6 Å². The maximum Gasteiger partial charge on any atom is 0.191 e. The standard InChI is InChI=1S/C8H8FN3O/c1-5-2-6(9)8-10-7(4-13)11-12(8)3-5/h2-3,13H,4H2,1H3. The van der Waals surface area contributed by atoms with Crippen molar-refractivity contribution >= 4 is 5.65 Å². The Hall–Kier alpha value is -1.49. The summed E-state index contributed by atoms with van der Waals surface area (Å²) >= 11 is 0. The summed E-state index contributed by atoms with van der Waals surface area (Å²) in [5.74, 6) is -0.197. The number of halogens is 1. The van der Waals surface area contributed by atoms with Crippen molar-refractivity contribution in [1.82, 2.24) is 14.6 Å². The Morgan fingerprint density at radius 2 is 2.38 bits per heavy atom. The fourth-order valence-corrected chi connectivity index (χ4v) is 1.18. The highest BCUT2D eigenvalue weighted by atomic mass is 19.1. The molecule has 0 aliphatic carbocycles.